The van der Waals surface area contributed by atoms with Crippen LogP contribution >= 0.6 is 15.9 Å². The molecule has 1 aromatic heterocycles. The van der Waals surface area contributed by atoms with Gasteiger partial charge in [-0.2, -0.15) is 4.57 Å². The predicted octanol–water partition coefficient (Wildman–Crippen LogP) is 1.09. The normalized spacial score (nSPS) is 10.3. The highest BCUT2D eigenvalue weighted by Crippen LogP contribution is 2.14. The average molecular weight is 421 g/mol. The van der Waals surface area contributed by atoms with Gasteiger partial charge in [0.2, 0.25) is 17.8 Å². The molecule has 0 saturated carbocycles. The number of aromatic nitrogens is 1. The van der Waals surface area contributed by atoms with Gasteiger partial charge in [0.05, 0.1) is 0 Å². The van der Waals surface area contributed by atoms with E-state index in [0.29, 0.717) is 6.54 Å². The van der Waals surface area contributed by atoms with E-state index in [0.717, 1.165) is 20.9 Å². The number of nitrogens with zero attached hydrogens (tertiary/aromatic N) is 1. The molecule has 0 spiro atoms. The van der Waals surface area contributed by atoms with E-state index in [1.807, 2.05) is 41.1 Å². The van der Waals surface area contributed by atoms with Crippen molar-refractivity contribution in [1.29, 1.82) is 0 Å². The third-order valence-electron chi connectivity index (χ3n) is 3.49. The minimum absolute atomic E-state index is 0. The maximum absolute atomic E-state index is 12.4. The molecule has 3 aromatic rings. The van der Waals surface area contributed by atoms with Crippen LogP contribution in [0.2, 0.25) is 0 Å². The lowest BCUT2D eigenvalue weighted by atomic mass is 10.1. The largest absolute Gasteiger partial charge is 1.00 e. The quantitative estimate of drug-likeness (QED) is 0.459. The Morgan fingerprint density at radius 3 is 2.68 bits per heavy atom. The number of aryl methyl sites for hydroxylation is 1. The molecule has 2 nitrogen and oxygen atoms in total. The van der Waals surface area contributed by atoms with Crippen LogP contribution in [0.5, 0.6) is 0 Å². The smallest absolute Gasteiger partial charge is 0.227 e. The fourth-order valence-corrected chi connectivity index (χ4v) is 2.84. The third-order valence-corrected chi connectivity index (χ3v) is 3.99. The standard InChI is InChI=1S/C18H15BrNO.BrH/c1-13-7-8-17-14(10-13)5-3-9-20(17)12-18(21)15-4-2-6-16(19)11-15;/h2-11H,12H2,1H3;1H/q+1;/p-1. The highest BCUT2D eigenvalue weighted by atomic mass is 79.9. The highest BCUT2D eigenvalue weighted by molar-refractivity contribution is 9.10. The first kappa shape index (κ1) is 16.8. The van der Waals surface area contributed by atoms with Crippen LogP contribution in [0.1, 0.15) is 15.9 Å². The summed E-state index contributed by atoms with van der Waals surface area (Å²) >= 11 is 3.40. The summed E-state index contributed by atoms with van der Waals surface area (Å²) in [6.07, 6.45) is 1.95. The summed E-state index contributed by atoms with van der Waals surface area (Å²) in [5, 5.41) is 1.15. The summed E-state index contributed by atoms with van der Waals surface area (Å²) < 4.78 is 2.92. The Hall–Kier alpha value is -1.52. The Morgan fingerprint density at radius 1 is 1.09 bits per heavy atom. The van der Waals surface area contributed by atoms with E-state index in [1.54, 1.807) is 0 Å². The molecule has 0 aliphatic carbocycles. The Bertz CT molecular complexity index is 830. The molecule has 0 aliphatic rings. The van der Waals surface area contributed by atoms with Crippen LogP contribution in [0.4, 0.5) is 0 Å². The van der Waals surface area contributed by atoms with Crippen molar-refractivity contribution < 1.29 is 26.3 Å². The van der Waals surface area contributed by atoms with E-state index in [2.05, 4.69) is 47.1 Å². The molecular weight excluding hydrogens is 406 g/mol. The molecule has 0 unspecified atom stereocenters. The molecule has 3 rings (SSSR count). The van der Waals surface area contributed by atoms with Crippen molar-refractivity contribution in [2.75, 3.05) is 0 Å². The van der Waals surface area contributed by atoms with Gasteiger partial charge < -0.3 is 17.0 Å². The molecule has 0 aliphatic heterocycles. The van der Waals surface area contributed by atoms with Crippen molar-refractivity contribution in [2.24, 2.45) is 0 Å². The Morgan fingerprint density at radius 2 is 1.91 bits per heavy atom. The van der Waals surface area contributed by atoms with Crippen LogP contribution < -0.4 is 21.5 Å². The average Bonchev–Trinajstić information content (AvgIpc) is 2.47. The van der Waals surface area contributed by atoms with Gasteiger partial charge in [0.1, 0.15) is 0 Å². The van der Waals surface area contributed by atoms with Crippen molar-refractivity contribution >= 4 is 32.6 Å². The summed E-state index contributed by atoms with van der Waals surface area (Å²) in [7, 11) is 0. The van der Waals surface area contributed by atoms with Crippen LogP contribution in [0, 0.1) is 6.92 Å². The summed E-state index contributed by atoms with van der Waals surface area (Å²) in [6, 6.07) is 17.8. The number of pyridine rings is 1. The van der Waals surface area contributed by atoms with Gasteiger partial charge in [0.15, 0.2) is 6.20 Å². The van der Waals surface area contributed by atoms with Crippen molar-refractivity contribution in [3.8, 4) is 0 Å². The van der Waals surface area contributed by atoms with Crippen LogP contribution in [-0.2, 0) is 6.54 Å². The van der Waals surface area contributed by atoms with E-state index in [9.17, 15) is 4.79 Å². The van der Waals surface area contributed by atoms with E-state index >= 15 is 0 Å². The van der Waals surface area contributed by atoms with Crippen molar-refractivity contribution in [1.82, 2.24) is 0 Å². The number of fused-ring (bicyclic) bond motifs is 1. The molecule has 0 bridgehead atoms. The molecule has 0 radical (unpaired) electrons. The number of benzene rings is 2. The van der Waals surface area contributed by atoms with Crippen molar-refractivity contribution in [2.45, 2.75) is 13.5 Å². The number of Topliss-reactive ketones (excluding diaryl/α,β-unsaturated/α-hetero) is 1. The zero-order chi connectivity index (χ0) is 14.8. The van der Waals surface area contributed by atoms with E-state index in [4.69, 9.17) is 0 Å². The van der Waals surface area contributed by atoms with Gasteiger partial charge in [-0.1, -0.05) is 39.7 Å². The minimum atomic E-state index is 0. The van der Waals surface area contributed by atoms with Gasteiger partial charge in [-0.3, -0.25) is 4.79 Å². The van der Waals surface area contributed by atoms with Crippen LogP contribution in [0.3, 0.4) is 0 Å². The molecular formula is C18H15Br2NO. The second kappa shape index (κ2) is 7.16. The summed E-state index contributed by atoms with van der Waals surface area (Å²) in [6.45, 7) is 2.42. The lowest BCUT2D eigenvalue weighted by Crippen LogP contribution is -3.00. The summed E-state index contributed by atoms with van der Waals surface area (Å²) in [5.41, 5.74) is 3.02. The number of ketones is 1. The lowest BCUT2D eigenvalue weighted by Gasteiger charge is -2.03. The van der Waals surface area contributed by atoms with Gasteiger partial charge >= 0.3 is 0 Å². The second-order valence-electron chi connectivity index (χ2n) is 5.13. The summed E-state index contributed by atoms with van der Waals surface area (Å²) in [5.74, 6) is 0.106. The summed E-state index contributed by atoms with van der Waals surface area (Å²) in [4.78, 5) is 12.4. The molecule has 0 atom stereocenters. The third kappa shape index (κ3) is 3.62. The topological polar surface area (TPSA) is 20.9 Å². The Kier molecular flexibility index (Phi) is 5.48. The molecule has 4 heteroatoms. The van der Waals surface area contributed by atoms with Crippen molar-refractivity contribution in [3.63, 3.8) is 0 Å². The molecule has 22 heavy (non-hydrogen) atoms. The second-order valence-corrected chi connectivity index (χ2v) is 6.05. The van der Waals surface area contributed by atoms with Gasteiger partial charge in [-0.05, 0) is 31.2 Å². The first-order chi connectivity index (χ1) is 10.1. The SMILES string of the molecule is Cc1ccc2c(ccc[n+]2CC(=O)c2cccc(Br)c2)c1.[Br-]. The molecule has 1 heterocycles. The zero-order valence-corrected chi connectivity index (χ0v) is 15.3. The monoisotopic (exact) mass is 419 g/mol. The first-order valence-electron chi connectivity index (χ1n) is 6.81. The van der Waals surface area contributed by atoms with E-state index in [1.165, 1.54) is 5.56 Å². The van der Waals surface area contributed by atoms with Gasteiger partial charge in [0.25, 0.3) is 0 Å². The molecule has 2 aromatic carbocycles. The molecule has 0 saturated heterocycles. The number of hydrogen-bond acceptors (Lipinski definition) is 1. The fraction of sp³-hybridized carbons (Fsp3) is 0.111. The van der Waals surface area contributed by atoms with Crippen molar-refractivity contribution in [3.05, 3.63) is 76.4 Å². The number of carbonyl (C=O) groups excluding carboxylic acids is 1. The number of hydrogen-bond donors (Lipinski definition) is 0. The maximum atomic E-state index is 12.4. The van der Waals surface area contributed by atoms with Crippen LogP contribution in [0.15, 0.2) is 65.3 Å². The van der Waals surface area contributed by atoms with Gasteiger partial charge in [-0.15, -0.1) is 0 Å². The molecule has 0 amide bonds. The van der Waals surface area contributed by atoms with Gasteiger partial charge in [0, 0.05) is 27.6 Å². The number of carbonyl (C=O) groups is 1. The predicted molar refractivity (Wildman–Crippen MR) is 87.4 cm³/mol. The number of halogens is 2. The Balaban J connectivity index is 0.00000176. The highest BCUT2D eigenvalue weighted by Gasteiger charge is 2.15. The Labute approximate surface area is 148 Å². The number of rotatable bonds is 3. The first-order valence-corrected chi connectivity index (χ1v) is 7.60. The minimum Gasteiger partial charge on any atom is -1.00 e. The molecule has 0 fully saturated rings. The van der Waals surface area contributed by atoms with Crippen LogP contribution in [-0.4, -0.2) is 5.78 Å². The fourth-order valence-electron chi connectivity index (χ4n) is 2.45. The van der Waals surface area contributed by atoms with E-state index in [-0.39, 0.29) is 22.8 Å². The van der Waals surface area contributed by atoms with Crippen LogP contribution in [0.25, 0.3) is 10.9 Å². The zero-order valence-electron chi connectivity index (χ0n) is 12.1. The molecule has 0 N–H and O–H groups in total. The molecule has 112 valence electrons. The van der Waals surface area contributed by atoms with E-state index < -0.39 is 0 Å². The van der Waals surface area contributed by atoms with Gasteiger partial charge in [-0.25, -0.2) is 0 Å². The lowest BCUT2D eigenvalue weighted by molar-refractivity contribution is -0.657. The maximum Gasteiger partial charge on any atom is 0.227 e.